The van der Waals surface area contributed by atoms with Gasteiger partial charge in [0.25, 0.3) is 5.91 Å². The number of H-pyrrole nitrogens is 1. The largest absolute Gasteiger partial charge is 0.496 e. The molecule has 0 aliphatic heterocycles. The zero-order valence-corrected chi connectivity index (χ0v) is 23.3. The fraction of sp³-hybridized carbons (Fsp3) is 0.444. The van der Waals surface area contributed by atoms with E-state index in [2.05, 4.69) is 49.3 Å². The molecule has 0 aliphatic carbocycles. The molecule has 3 aromatic rings. The van der Waals surface area contributed by atoms with Gasteiger partial charge in [-0.3, -0.25) is 4.79 Å². The number of aromatic nitrogens is 3. The molecule has 3 rings (SSSR count). The Morgan fingerprint density at radius 3 is 2.44 bits per heavy atom. The van der Waals surface area contributed by atoms with E-state index in [0.29, 0.717) is 36.6 Å². The van der Waals surface area contributed by atoms with Crippen molar-refractivity contribution in [1.29, 1.82) is 0 Å². The Kier molecular flexibility index (Phi) is 8.68. The number of nitrogens with zero attached hydrogens (tertiary/aromatic N) is 3. The number of halogens is 1. The summed E-state index contributed by atoms with van der Waals surface area (Å²) < 4.78 is 25.5. The fourth-order valence-corrected chi connectivity index (χ4v) is 4.83. The standard InChI is InChI=1S/C27H37FN4O3Si/c1-27(2,3)36(6,7)35-15-14-21(19-8-11-22(28)12-9-19)18-32(4)26(33)23-16-20(10-13-25(23)34-5)24-17-29-31-30-24/h8-13,16-17,21H,14-15,18H2,1-7H3,(H,29,30,31). The van der Waals surface area contributed by atoms with Crippen LogP contribution in [0, 0.1) is 5.82 Å². The van der Waals surface area contributed by atoms with Crippen LogP contribution in [-0.2, 0) is 4.43 Å². The third-order valence-corrected chi connectivity index (χ3v) is 11.6. The topological polar surface area (TPSA) is 80.3 Å². The molecule has 9 heteroatoms. The summed E-state index contributed by atoms with van der Waals surface area (Å²) in [6.45, 7) is 12.1. The van der Waals surface area contributed by atoms with Gasteiger partial charge in [-0.1, -0.05) is 32.9 Å². The van der Waals surface area contributed by atoms with Crippen LogP contribution in [-0.4, -0.2) is 61.8 Å². The van der Waals surface area contributed by atoms with Crippen molar-refractivity contribution in [3.8, 4) is 17.0 Å². The number of carbonyl (C=O) groups is 1. The number of amides is 1. The van der Waals surface area contributed by atoms with Crippen molar-refractivity contribution < 1.29 is 18.3 Å². The molecule has 1 unspecified atom stereocenters. The quantitative estimate of drug-likeness (QED) is 0.343. The number of benzene rings is 2. The van der Waals surface area contributed by atoms with Crippen LogP contribution < -0.4 is 4.74 Å². The Morgan fingerprint density at radius 2 is 1.86 bits per heavy atom. The molecule has 7 nitrogen and oxygen atoms in total. The van der Waals surface area contributed by atoms with Crippen molar-refractivity contribution in [3.05, 3.63) is 65.6 Å². The summed E-state index contributed by atoms with van der Waals surface area (Å²) in [4.78, 5) is 15.2. The van der Waals surface area contributed by atoms with Gasteiger partial charge in [0.1, 0.15) is 17.3 Å². The van der Waals surface area contributed by atoms with Crippen molar-refractivity contribution in [3.63, 3.8) is 0 Å². The predicted molar refractivity (Wildman–Crippen MR) is 142 cm³/mol. The highest BCUT2D eigenvalue weighted by Crippen LogP contribution is 2.37. The van der Waals surface area contributed by atoms with E-state index in [-0.39, 0.29) is 22.7 Å². The lowest BCUT2D eigenvalue weighted by molar-refractivity contribution is 0.0778. The molecule has 1 atom stereocenters. The smallest absolute Gasteiger partial charge is 0.257 e. The second-order valence-electron chi connectivity index (χ2n) is 10.6. The van der Waals surface area contributed by atoms with E-state index in [9.17, 15) is 9.18 Å². The Labute approximate surface area is 214 Å². The summed E-state index contributed by atoms with van der Waals surface area (Å²) in [5.41, 5.74) is 2.81. The number of rotatable bonds is 10. The monoisotopic (exact) mass is 512 g/mol. The number of hydrogen-bond acceptors (Lipinski definition) is 5. The number of methoxy groups -OCH3 is 1. The van der Waals surface area contributed by atoms with Crippen LogP contribution in [0.25, 0.3) is 11.3 Å². The number of hydrogen-bond donors (Lipinski definition) is 1. The fourth-order valence-electron chi connectivity index (χ4n) is 3.77. The maximum atomic E-state index is 13.6. The summed E-state index contributed by atoms with van der Waals surface area (Å²) in [5, 5.41) is 10.7. The SMILES string of the molecule is COc1ccc(-c2cn[nH]n2)cc1C(=O)N(C)CC(CCO[Si](C)(C)C(C)(C)C)c1ccc(F)cc1. The second kappa shape index (κ2) is 11.3. The van der Waals surface area contributed by atoms with Crippen LogP contribution in [0.5, 0.6) is 5.75 Å². The van der Waals surface area contributed by atoms with E-state index >= 15 is 0 Å². The highest BCUT2D eigenvalue weighted by atomic mass is 28.4. The molecule has 1 heterocycles. The highest BCUT2D eigenvalue weighted by Gasteiger charge is 2.37. The van der Waals surface area contributed by atoms with E-state index in [0.717, 1.165) is 11.1 Å². The Balaban J connectivity index is 1.81. The molecule has 1 N–H and O–H groups in total. The number of carbonyl (C=O) groups excluding carboxylic acids is 1. The minimum Gasteiger partial charge on any atom is -0.496 e. The molecule has 0 spiro atoms. The molecular formula is C27H37FN4O3Si. The molecule has 194 valence electrons. The number of aromatic amines is 1. The molecule has 0 radical (unpaired) electrons. The Bertz CT molecular complexity index is 1140. The molecule has 0 fully saturated rings. The lowest BCUT2D eigenvalue weighted by Gasteiger charge is -2.36. The van der Waals surface area contributed by atoms with Crippen LogP contribution in [0.2, 0.25) is 18.1 Å². The molecule has 0 aliphatic rings. The summed E-state index contributed by atoms with van der Waals surface area (Å²) >= 11 is 0. The summed E-state index contributed by atoms with van der Waals surface area (Å²) in [5.74, 6) is 0.0104. The number of ether oxygens (including phenoxy) is 1. The van der Waals surface area contributed by atoms with Crippen molar-refractivity contribution >= 4 is 14.2 Å². The first kappa shape index (κ1) is 27.5. The van der Waals surface area contributed by atoms with Crippen molar-refractivity contribution in [1.82, 2.24) is 20.3 Å². The highest BCUT2D eigenvalue weighted by molar-refractivity contribution is 6.74. The van der Waals surface area contributed by atoms with E-state index in [1.165, 1.54) is 12.1 Å². The number of likely N-dealkylation sites (N-methyl/N-ethyl adjacent to an activating group) is 1. The van der Waals surface area contributed by atoms with Gasteiger partial charge in [0, 0.05) is 31.7 Å². The maximum Gasteiger partial charge on any atom is 0.257 e. The molecule has 1 amide bonds. The Morgan fingerprint density at radius 1 is 1.17 bits per heavy atom. The van der Waals surface area contributed by atoms with Gasteiger partial charge in [0.05, 0.1) is 18.9 Å². The number of nitrogens with one attached hydrogen (secondary N) is 1. The molecular weight excluding hydrogens is 475 g/mol. The van der Waals surface area contributed by atoms with Gasteiger partial charge in [0.2, 0.25) is 0 Å². The van der Waals surface area contributed by atoms with Crippen molar-refractivity contribution in [2.75, 3.05) is 27.3 Å². The van der Waals surface area contributed by atoms with Crippen molar-refractivity contribution in [2.24, 2.45) is 0 Å². The third-order valence-electron chi connectivity index (χ3n) is 7.06. The predicted octanol–water partition coefficient (Wildman–Crippen LogP) is 5.89. The average molecular weight is 513 g/mol. The van der Waals surface area contributed by atoms with E-state index < -0.39 is 8.32 Å². The second-order valence-corrected chi connectivity index (χ2v) is 15.4. The van der Waals surface area contributed by atoms with Gasteiger partial charge < -0.3 is 14.1 Å². The minimum absolute atomic E-state index is 0.0194. The lowest BCUT2D eigenvalue weighted by atomic mass is 9.95. The van der Waals surface area contributed by atoms with Crippen LogP contribution in [0.15, 0.2) is 48.7 Å². The maximum absolute atomic E-state index is 13.6. The summed E-state index contributed by atoms with van der Waals surface area (Å²) in [6, 6.07) is 11.9. The van der Waals surface area contributed by atoms with E-state index in [1.807, 2.05) is 6.07 Å². The van der Waals surface area contributed by atoms with Gasteiger partial charge >= 0.3 is 0 Å². The molecule has 0 saturated heterocycles. The zero-order chi connectivity index (χ0) is 26.5. The van der Waals surface area contributed by atoms with Crippen LogP contribution in [0.1, 0.15) is 49.0 Å². The van der Waals surface area contributed by atoms with Gasteiger partial charge in [-0.05, 0) is 60.4 Å². The molecule has 1 aromatic heterocycles. The third kappa shape index (κ3) is 6.58. The van der Waals surface area contributed by atoms with Crippen LogP contribution in [0.3, 0.4) is 0 Å². The van der Waals surface area contributed by atoms with Crippen LogP contribution in [0.4, 0.5) is 4.39 Å². The first-order valence-corrected chi connectivity index (χ1v) is 15.0. The first-order chi connectivity index (χ1) is 16.9. The Hall–Kier alpha value is -3.04. The molecule has 2 aromatic carbocycles. The van der Waals surface area contributed by atoms with Gasteiger partial charge in [-0.2, -0.15) is 15.4 Å². The summed E-state index contributed by atoms with van der Waals surface area (Å²) in [7, 11) is 1.40. The van der Waals surface area contributed by atoms with Gasteiger partial charge in [0.15, 0.2) is 8.32 Å². The minimum atomic E-state index is -1.91. The average Bonchev–Trinajstić information content (AvgIpc) is 3.37. The lowest BCUT2D eigenvalue weighted by Crippen LogP contribution is -2.41. The first-order valence-electron chi connectivity index (χ1n) is 12.1. The van der Waals surface area contributed by atoms with Crippen molar-refractivity contribution in [2.45, 2.75) is 51.2 Å². The van der Waals surface area contributed by atoms with Crippen LogP contribution >= 0.6 is 0 Å². The van der Waals surface area contributed by atoms with Gasteiger partial charge in [-0.15, -0.1) is 0 Å². The molecule has 0 saturated carbocycles. The van der Waals surface area contributed by atoms with Gasteiger partial charge in [-0.25, -0.2) is 4.39 Å². The zero-order valence-electron chi connectivity index (χ0n) is 22.3. The summed E-state index contributed by atoms with van der Waals surface area (Å²) in [6.07, 6.45) is 2.32. The normalized spacial score (nSPS) is 12.9. The molecule has 36 heavy (non-hydrogen) atoms. The van der Waals surface area contributed by atoms with E-state index in [1.54, 1.807) is 49.5 Å². The molecule has 0 bridgehead atoms. The van der Waals surface area contributed by atoms with E-state index in [4.69, 9.17) is 9.16 Å².